The fourth-order valence-electron chi connectivity index (χ4n) is 2.70. The summed E-state index contributed by atoms with van der Waals surface area (Å²) in [6.07, 6.45) is 0.627. The van der Waals surface area contributed by atoms with E-state index < -0.39 is 23.5 Å². The fourth-order valence-corrected chi connectivity index (χ4v) is 2.70. The van der Waals surface area contributed by atoms with E-state index in [9.17, 15) is 18.8 Å². The number of hydrogen-bond acceptors (Lipinski definition) is 4. The van der Waals surface area contributed by atoms with Crippen LogP contribution in [-0.2, 0) is 4.79 Å². The zero-order chi connectivity index (χ0) is 16.3. The maximum atomic E-state index is 13.6. The van der Waals surface area contributed by atoms with Crippen LogP contribution in [0, 0.1) is 0 Å². The molecule has 7 nitrogen and oxygen atoms in total. The fraction of sp³-hybridized carbons (Fsp3) is 0.500. The van der Waals surface area contributed by atoms with Crippen molar-refractivity contribution in [2.45, 2.75) is 18.6 Å². The normalized spacial score (nSPS) is 21.7. The van der Waals surface area contributed by atoms with Crippen molar-refractivity contribution in [3.05, 3.63) is 34.2 Å². The number of primary amides is 1. The first-order valence-electron chi connectivity index (χ1n) is 6.98. The average molecular weight is 310 g/mol. The summed E-state index contributed by atoms with van der Waals surface area (Å²) >= 11 is 0. The number of carbonyl (C=O) groups is 2. The molecule has 2 rings (SSSR count). The van der Waals surface area contributed by atoms with Gasteiger partial charge in [-0.05, 0) is 18.6 Å². The van der Waals surface area contributed by atoms with Crippen molar-refractivity contribution >= 4 is 11.8 Å². The van der Waals surface area contributed by atoms with E-state index in [-0.39, 0.29) is 37.7 Å². The molecule has 1 aliphatic rings. The first-order valence-corrected chi connectivity index (χ1v) is 6.98. The van der Waals surface area contributed by atoms with Crippen molar-refractivity contribution in [1.29, 1.82) is 0 Å². The number of alkyl halides is 1. The highest BCUT2D eigenvalue weighted by molar-refractivity contribution is 5.93. The molecule has 1 saturated heterocycles. The van der Waals surface area contributed by atoms with E-state index in [1.165, 1.54) is 17.2 Å². The van der Waals surface area contributed by atoms with Gasteiger partial charge in [-0.2, -0.15) is 0 Å². The average Bonchev–Trinajstić information content (AvgIpc) is 2.77. The number of aromatic nitrogens is 1. The second-order valence-corrected chi connectivity index (χ2v) is 5.48. The van der Waals surface area contributed by atoms with Gasteiger partial charge in [0.15, 0.2) is 0 Å². The van der Waals surface area contributed by atoms with Crippen LogP contribution in [0.4, 0.5) is 4.39 Å². The molecule has 1 aromatic rings. The number of hydrogen-bond donors (Lipinski definition) is 2. The van der Waals surface area contributed by atoms with Gasteiger partial charge in [0, 0.05) is 32.4 Å². The van der Waals surface area contributed by atoms with Gasteiger partial charge in [-0.15, -0.1) is 0 Å². The van der Waals surface area contributed by atoms with Gasteiger partial charge in [-0.25, -0.2) is 4.39 Å². The number of likely N-dealkylation sites (tertiary alicyclic amines) is 1. The Labute approximate surface area is 126 Å². The van der Waals surface area contributed by atoms with Gasteiger partial charge in [0.2, 0.25) is 5.91 Å². The molecule has 3 N–H and O–H groups in total. The lowest BCUT2D eigenvalue weighted by Gasteiger charge is -2.27. The molecule has 1 aliphatic heterocycles. The van der Waals surface area contributed by atoms with E-state index in [4.69, 9.17) is 5.73 Å². The Morgan fingerprint density at radius 3 is 2.91 bits per heavy atom. The summed E-state index contributed by atoms with van der Waals surface area (Å²) in [6.45, 7) is 0.307. The van der Waals surface area contributed by atoms with Gasteiger partial charge >= 0.3 is 0 Å². The van der Waals surface area contributed by atoms with Crippen molar-refractivity contribution in [2.75, 3.05) is 26.7 Å². The standard InChI is InChI=1S/C14H19FN4O3/c1-18(14(22)11-3-2-4-17-13(11)21)7-10-5-9(15)6-19(10)8-12(16)20/h2-4,9-10H,5-8H2,1H3,(H2,16,20)(H,17,21)/t9-,10-/m0/s1. The molecule has 0 spiro atoms. The molecule has 2 atom stereocenters. The van der Waals surface area contributed by atoms with Crippen molar-refractivity contribution in [3.63, 3.8) is 0 Å². The first-order chi connectivity index (χ1) is 10.4. The first kappa shape index (κ1) is 16.2. The monoisotopic (exact) mass is 310 g/mol. The smallest absolute Gasteiger partial charge is 0.260 e. The van der Waals surface area contributed by atoms with E-state index in [1.54, 1.807) is 18.0 Å². The maximum absolute atomic E-state index is 13.6. The molecule has 0 unspecified atom stereocenters. The van der Waals surface area contributed by atoms with E-state index in [2.05, 4.69) is 4.98 Å². The van der Waals surface area contributed by atoms with Crippen molar-refractivity contribution < 1.29 is 14.0 Å². The molecule has 0 aliphatic carbocycles. The molecular weight excluding hydrogens is 291 g/mol. The highest BCUT2D eigenvalue weighted by Crippen LogP contribution is 2.20. The zero-order valence-electron chi connectivity index (χ0n) is 12.3. The lowest BCUT2D eigenvalue weighted by Crippen LogP contribution is -2.45. The molecular formula is C14H19FN4O3. The molecule has 8 heteroatoms. The van der Waals surface area contributed by atoms with Crippen LogP contribution in [0.15, 0.2) is 23.1 Å². The predicted octanol–water partition coefficient (Wildman–Crippen LogP) is -0.655. The van der Waals surface area contributed by atoms with Crippen molar-refractivity contribution in [2.24, 2.45) is 5.73 Å². The van der Waals surface area contributed by atoms with E-state index >= 15 is 0 Å². The Kier molecular flexibility index (Phi) is 4.92. The molecule has 0 aromatic carbocycles. The molecule has 1 fully saturated rings. The van der Waals surface area contributed by atoms with Crippen LogP contribution in [0.5, 0.6) is 0 Å². The minimum absolute atomic E-state index is 0.0289. The number of pyridine rings is 1. The molecule has 2 amide bonds. The minimum Gasteiger partial charge on any atom is -0.369 e. The van der Waals surface area contributed by atoms with Crippen LogP contribution in [0.3, 0.4) is 0 Å². The maximum Gasteiger partial charge on any atom is 0.260 e. The number of likely N-dealkylation sites (N-methyl/N-ethyl adjacent to an activating group) is 1. The predicted molar refractivity (Wildman–Crippen MR) is 78.1 cm³/mol. The third kappa shape index (κ3) is 3.70. The SMILES string of the molecule is CN(C[C@@H]1C[C@H](F)CN1CC(N)=O)C(=O)c1ccc[nH]c1=O. The molecule has 0 bridgehead atoms. The lowest BCUT2D eigenvalue weighted by atomic mass is 10.1. The summed E-state index contributed by atoms with van der Waals surface area (Å²) in [5.41, 5.74) is 4.71. The number of nitrogens with zero attached hydrogens (tertiary/aromatic N) is 2. The highest BCUT2D eigenvalue weighted by Gasteiger charge is 2.34. The summed E-state index contributed by atoms with van der Waals surface area (Å²) in [4.78, 5) is 40.4. The Balaban J connectivity index is 2.05. The van der Waals surface area contributed by atoms with Crippen LogP contribution < -0.4 is 11.3 Å². The van der Waals surface area contributed by atoms with Gasteiger partial charge in [0.25, 0.3) is 11.5 Å². The second-order valence-electron chi connectivity index (χ2n) is 5.48. The summed E-state index contributed by atoms with van der Waals surface area (Å²) in [5, 5.41) is 0. The minimum atomic E-state index is -1.05. The zero-order valence-corrected chi connectivity index (χ0v) is 12.3. The van der Waals surface area contributed by atoms with E-state index in [0.29, 0.717) is 0 Å². The molecule has 0 radical (unpaired) electrons. The molecule has 0 saturated carbocycles. The van der Waals surface area contributed by atoms with Crippen LogP contribution in [0.1, 0.15) is 16.8 Å². The number of amides is 2. The quantitative estimate of drug-likeness (QED) is 0.754. The Morgan fingerprint density at radius 1 is 1.55 bits per heavy atom. The molecule has 2 heterocycles. The summed E-state index contributed by atoms with van der Waals surface area (Å²) in [5.74, 6) is -0.976. The van der Waals surface area contributed by atoms with Gasteiger partial charge in [-0.3, -0.25) is 19.3 Å². The number of nitrogens with one attached hydrogen (secondary N) is 1. The summed E-state index contributed by atoms with van der Waals surface area (Å²) < 4.78 is 13.6. The Hall–Kier alpha value is -2.22. The summed E-state index contributed by atoms with van der Waals surface area (Å²) in [6, 6.07) is 2.71. The number of rotatable bonds is 5. The van der Waals surface area contributed by atoms with Gasteiger partial charge in [0.1, 0.15) is 11.7 Å². The van der Waals surface area contributed by atoms with Crippen LogP contribution in [0.25, 0.3) is 0 Å². The van der Waals surface area contributed by atoms with Crippen LogP contribution in [-0.4, -0.2) is 65.5 Å². The number of H-pyrrole nitrogens is 1. The Bertz CT molecular complexity index is 618. The Morgan fingerprint density at radius 2 is 2.27 bits per heavy atom. The van der Waals surface area contributed by atoms with Crippen molar-refractivity contribution in [1.82, 2.24) is 14.8 Å². The van der Waals surface area contributed by atoms with Gasteiger partial charge in [0.05, 0.1) is 6.54 Å². The summed E-state index contributed by atoms with van der Waals surface area (Å²) in [7, 11) is 1.54. The molecule has 1 aromatic heterocycles. The lowest BCUT2D eigenvalue weighted by molar-refractivity contribution is -0.119. The number of aromatic amines is 1. The van der Waals surface area contributed by atoms with Gasteiger partial charge < -0.3 is 15.6 Å². The van der Waals surface area contributed by atoms with Crippen molar-refractivity contribution in [3.8, 4) is 0 Å². The second kappa shape index (κ2) is 6.69. The van der Waals surface area contributed by atoms with Gasteiger partial charge in [-0.1, -0.05) is 0 Å². The topological polar surface area (TPSA) is 99.5 Å². The molecule has 120 valence electrons. The van der Waals surface area contributed by atoms with Crippen LogP contribution >= 0.6 is 0 Å². The highest BCUT2D eigenvalue weighted by atomic mass is 19.1. The largest absolute Gasteiger partial charge is 0.369 e. The van der Waals surface area contributed by atoms with E-state index in [0.717, 1.165) is 0 Å². The number of carbonyl (C=O) groups excluding carboxylic acids is 2. The number of nitrogens with two attached hydrogens (primary N) is 1. The number of halogens is 1. The molecule has 22 heavy (non-hydrogen) atoms. The van der Waals surface area contributed by atoms with E-state index in [1.807, 2.05) is 0 Å². The third-order valence-corrected chi connectivity index (χ3v) is 3.72. The third-order valence-electron chi connectivity index (χ3n) is 3.72. The van der Waals surface area contributed by atoms with Crippen LogP contribution in [0.2, 0.25) is 0 Å².